The molecule has 2 N–H and O–H groups in total. The fourth-order valence-electron chi connectivity index (χ4n) is 1.79. The number of H-pyrrole nitrogens is 1. The van der Waals surface area contributed by atoms with E-state index in [0.717, 1.165) is 16.5 Å². The average Bonchev–Trinajstić information content (AvgIpc) is 2.82. The number of aromatic amines is 1. The lowest BCUT2D eigenvalue weighted by molar-refractivity contribution is 0.0697. The molecule has 3 rings (SSSR count). The van der Waals surface area contributed by atoms with Gasteiger partial charge < -0.3 is 5.11 Å². The summed E-state index contributed by atoms with van der Waals surface area (Å²) in [4.78, 5) is 18.8. The molecule has 6 heteroatoms. The van der Waals surface area contributed by atoms with Gasteiger partial charge in [-0.1, -0.05) is 0 Å². The van der Waals surface area contributed by atoms with Crippen LogP contribution in [0.2, 0.25) is 0 Å². The number of hydrogen-bond donors (Lipinski definition) is 2. The van der Waals surface area contributed by atoms with Crippen molar-refractivity contribution in [2.24, 2.45) is 0 Å². The average molecular weight is 240 g/mol. The summed E-state index contributed by atoms with van der Waals surface area (Å²) in [5.41, 5.74) is 2.39. The molecule has 3 aromatic rings. The molecular weight excluding hydrogens is 232 g/mol. The fraction of sp³-hybridized carbons (Fsp3) is 0. The molecule has 0 amide bonds. The standard InChI is InChI=1S/C12H8N4O2/c17-12(18)7-1-2-10-9(3-7)11(16-15-10)8-4-13-6-14-5-8/h1-6H,(H,15,16)(H,17,18). The minimum atomic E-state index is -0.964. The van der Waals surface area contributed by atoms with Gasteiger partial charge in [-0.2, -0.15) is 5.10 Å². The van der Waals surface area contributed by atoms with Crippen molar-refractivity contribution in [2.45, 2.75) is 0 Å². The molecule has 6 nitrogen and oxygen atoms in total. The van der Waals surface area contributed by atoms with Gasteiger partial charge in [0.05, 0.1) is 11.1 Å². The SMILES string of the molecule is O=C(O)c1ccc2[nH]nc(-c3cncnc3)c2c1. The second-order valence-corrected chi connectivity index (χ2v) is 3.76. The molecule has 0 aliphatic heterocycles. The van der Waals surface area contributed by atoms with E-state index < -0.39 is 5.97 Å². The molecule has 88 valence electrons. The van der Waals surface area contributed by atoms with Gasteiger partial charge in [-0.05, 0) is 18.2 Å². The van der Waals surface area contributed by atoms with E-state index in [-0.39, 0.29) is 5.56 Å². The fourth-order valence-corrected chi connectivity index (χ4v) is 1.79. The highest BCUT2D eigenvalue weighted by Crippen LogP contribution is 2.25. The Bertz CT molecular complexity index is 721. The second kappa shape index (κ2) is 3.92. The van der Waals surface area contributed by atoms with Crippen molar-refractivity contribution < 1.29 is 9.90 Å². The van der Waals surface area contributed by atoms with Crippen molar-refractivity contribution in [1.29, 1.82) is 0 Å². The van der Waals surface area contributed by atoms with Crippen molar-refractivity contribution in [3.63, 3.8) is 0 Å². The van der Waals surface area contributed by atoms with Crippen LogP contribution in [0.1, 0.15) is 10.4 Å². The minimum Gasteiger partial charge on any atom is -0.478 e. The Morgan fingerprint density at radius 1 is 1.22 bits per heavy atom. The molecule has 18 heavy (non-hydrogen) atoms. The van der Waals surface area contributed by atoms with Gasteiger partial charge in [0.2, 0.25) is 0 Å². The molecule has 0 spiro atoms. The summed E-state index contributed by atoms with van der Waals surface area (Å²) in [5, 5.41) is 16.8. The molecule has 0 unspecified atom stereocenters. The highest BCUT2D eigenvalue weighted by molar-refractivity contribution is 5.98. The Morgan fingerprint density at radius 2 is 2.00 bits per heavy atom. The normalized spacial score (nSPS) is 10.7. The van der Waals surface area contributed by atoms with Crippen molar-refractivity contribution in [1.82, 2.24) is 20.2 Å². The van der Waals surface area contributed by atoms with Crippen LogP contribution in [0.15, 0.2) is 36.9 Å². The van der Waals surface area contributed by atoms with Gasteiger partial charge in [0.1, 0.15) is 12.0 Å². The number of rotatable bonds is 2. The Balaban J connectivity index is 2.24. The lowest BCUT2D eigenvalue weighted by Crippen LogP contribution is -1.95. The number of fused-ring (bicyclic) bond motifs is 1. The van der Waals surface area contributed by atoms with Crippen molar-refractivity contribution in [3.8, 4) is 11.3 Å². The first kappa shape index (κ1) is 10.4. The zero-order chi connectivity index (χ0) is 12.5. The Hall–Kier alpha value is -2.76. The van der Waals surface area contributed by atoms with Crippen LogP contribution >= 0.6 is 0 Å². The zero-order valence-electron chi connectivity index (χ0n) is 9.16. The lowest BCUT2D eigenvalue weighted by Gasteiger charge is -1.97. The van der Waals surface area contributed by atoms with Gasteiger partial charge in [0, 0.05) is 23.3 Å². The van der Waals surface area contributed by atoms with Crippen LogP contribution in [-0.4, -0.2) is 31.2 Å². The maximum absolute atomic E-state index is 11.0. The van der Waals surface area contributed by atoms with Gasteiger partial charge >= 0.3 is 5.97 Å². The van der Waals surface area contributed by atoms with Crippen LogP contribution in [0.5, 0.6) is 0 Å². The minimum absolute atomic E-state index is 0.224. The van der Waals surface area contributed by atoms with Crippen LogP contribution in [0.25, 0.3) is 22.2 Å². The van der Waals surface area contributed by atoms with Crippen LogP contribution in [0, 0.1) is 0 Å². The molecular formula is C12H8N4O2. The van der Waals surface area contributed by atoms with E-state index >= 15 is 0 Å². The van der Waals surface area contributed by atoms with E-state index in [2.05, 4.69) is 20.2 Å². The summed E-state index contributed by atoms with van der Waals surface area (Å²) >= 11 is 0. The summed E-state index contributed by atoms with van der Waals surface area (Å²) in [5.74, 6) is -0.964. The molecule has 0 atom stereocenters. The zero-order valence-corrected chi connectivity index (χ0v) is 9.16. The highest BCUT2D eigenvalue weighted by atomic mass is 16.4. The molecule has 0 aliphatic rings. The summed E-state index contributed by atoms with van der Waals surface area (Å²) in [6, 6.07) is 4.82. The van der Waals surface area contributed by atoms with Gasteiger partial charge in [-0.3, -0.25) is 5.10 Å². The number of aromatic carboxylic acids is 1. The highest BCUT2D eigenvalue weighted by Gasteiger charge is 2.11. The predicted octanol–water partition coefficient (Wildman–Crippen LogP) is 1.72. The van der Waals surface area contributed by atoms with E-state index in [9.17, 15) is 4.79 Å². The van der Waals surface area contributed by atoms with Gasteiger partial charge in [0.25, 0.3) is 0 Å². The number of carboxylic acids is 1. The Kier molecular flexibility index (Phi) is 2.26. The number of hydrogen-bond acceptors (Lipinski definition) is 4. The number of benzene rings is 1. The van der Waals surface area contributed by atoms with Crippen LogP contribution in [0.3, 0.4) is 0 Å². The molecule has 2 aromatic heterocycles. The number of nitrogens with one attached hydrogen (secondary N) is 1. The summed E-state index contributed by atoms with van der Waals surface area (Å²) < 4.78 is 0. The maximum atomic E-state index is 11.0. The summed E-state index contributed by atoms with van der Waals surface area (Å²) in [7, 11) is 0. The number of carbonyl (C=O) groups is 1. The first-order chi connectivity index (χ1) is 8.75. The summed E-state index contributed by atoms with van der Waals surface area (Å²) in [6.07, 6.45) is 4.70. The topological polar surface area (TPSA) is 91.8 Å². The van der Waals surface area contributed by atoms with Crippen LogP contribution < -0.4 is 0 Å². The molecule has 0 fully saturated rings. The van der Waals surface area contributed by atoms with E-state index in [1.807, 2.05) is 0 Å². The van der Waals surface area contributed by atoms with Crippen molar-refractivity contribution >= 4 is 16.9 Å². The number of aromatic nitrogens is 4. The number of nitrogens with zero attached hydrogens (tertiary/aromatic N) is 3. The van der Waals surface area contributed by atoms with Crippen molar-refractivity contribution in [2.75, 3.05) is 0 Å². The molecule has 1 aromatic carbocycles. The quantitative estimate of drug-likeness (QED) is 0.711. The first-order valence-corrected chi connectivity index (χ1v) is 5.22. The molecule has 2 heterocycles. The number of carboxylic acid groups (broad SMARTS) is 1. The van der Waals surface area contributed by atoms with Crippen molar-refractivity contribution in [3.05, 3.63) is 42.5 Å². The largest absolute Gasteiger partial charge is 0.478 e. The summed E-state index contributed by atoms with van der Waals surface area (Å²) in [6.45, 7) is 0. The Labute approximate surface area is 101 Å². The van der Waals surface area contributed by atoms with Gasteiger partial charge in [-0.25, -0.2) is 14.8 Å². The van der Waals surface area contributed by atoms with Gasteiger partial charge in [0.15, 0.2) is 0 Å². The van der Waals surface area contributed by atoms with Gasteiger partial charge in [-0.15, -0.1) is 0 Å². The lowest BCUT2D eigenvalue weighted by atomic mass is 10.1. The monoisotopic (exact) mass is 240 g/mol. The van der Waals surface area contributed by atoms with E-state index in [0.29, 0.717) is 5.69 Å². The maximum Gasteiger partial charge on any atom is 0.335 e. The van der Waals surface area contributed by atoms with E-state index in [4.69, 9.17) is 5.11 Å². The van der Waals surface area contributed by atoms with Crippen LogP contribution in [-0.2, 0) is 0 Å². The third-order valence-corrected chi connectivity index (χ3v) is 2.64. The molecule has 0 aliphatic carbocycles. The smallest absolute Gasteiger partial charge is 0.335 e. The third-order valence-electron chi connectivity index (χ3n) is 2.64. The predicted molar refractivity (Wildman–Crippen MR) is 64.1 cm³/mol. The van der Waals surface area contributed by atoms with E-state index in [1.54, 1.807) is 24.5 Å². The molecule has 0 saturated carbocycles. The third kappa shape index (κ3) is 1.60. The molecule has 0 saturated heterocycles. The Morgan fingerprint density at radius 3 is 2.72 bits per heavy atom. The van der Waals surface area contributed by atoms with Crippen LogP contribution in [0.4, 0.5) is 0 Å². The molecule has 0 bridgehead atoms. The van der Waals surface area contributed by atoms with E-state index in [1.165, 1.54) is 12.4 Å². The second-order valence-electron chi connectivity index (χ2n) is 3.76. The first-order valence-electron chi connectivity index (χ1n) is 5.22. The molecule has 0 radical (unpaired) electrons.